The summed E-state index contributed by atoms with van der Waals surface area (Å²) in [4.78, 5) is 37.8. The van der Waals surface area contributed by atoms with Gasteiger partial charge in [0.1, 0.15) is 23.7 Å². The quantitative estimate of drug-likeness (QED) is 0.564. The van der Waals surface area contributed by atoms with Crippen molar-refractivity contribution in [2.75, 3.05) is 76.0 Å². The van der Waals surface area contributed by atoms with Gasteiger partial charge in [-0.05, 0) is 18.6 Å². The van der Waals surface area contributed by atoms with E-state index in [0.717, 1.165) is 0 Å². The van der Waals surface area contributed by atoms with Crippen molar-refractivity contribution in [2.24, 2.45) is 0 Å². The van der Waals surface area contributed by atoms with Gasteiger partial charge in [0.15, 0.2) is 0 Å². The molecule has 4 rings (SSSR count). The molecule has 0 fully saturated rings. The minimum atomic E-state index is -0.291. The molecule has 0 aliphatic carbocycles. The molecule has 2 aliphatic heterocycles. The van der Waals surface area contributed by atoms with Gasteiger partial charge in [0, 0.05) is 58.3 Å². The predicted octanol–water partition coefficient (Wildman–Crippen LogP) is 2.14. The Morgan fingerprint density at radius 1 is 1.19 bits per heavy atom. The molecule has 2 bridgehead atoms. The number of likely N-dealkylation sites (N-methyl/N-ethyl adjacent to an activating group) is 1. The Morgan fingerprint density at radius 3 is 2.86 bits per heavy atom. The molecule has 1 aromatic heterocycles. The van der Waals surface area contributed by atoms with E-state index in [9.17, 15) is 9.59 Å². The Labute approximate surface area is 214 Å². The molecule has 2 aliphatic rings. The number of fused-ring (bicyclic) bond motifs is 2. The van der Waals surface area contributed by atoms with E-state index in [1.165, 1.54) is 6.33 Å². The summed E-state index contributed by atoms with van der Waals surface area (Å²) >= 11 is 6.34. The third kappa shape index (κ3) is 6.23. The van der Waals surface area contributed by atoms with Crippen LogP contribution in [0, 0.1) is 0 Å². The summed E-state index contributed by atoms with van der Waals surface area (Å²) < 4.78 is 11.1. The number of rotatable bonds is 3. The lowest BCUT2D eigenvalue weighted by atomic mass is 10.1. The average Bonchev–Trinajstić information content (AvgIpc) is 3.19. The lowest BCUT2D eigenvalue weighted by molar-refractivity contribution is -0.131. The normalized spacial score (nSPS) is 18.9. The smallest absolute Gasteiger partial charge is 0.259 e. The summed E-state index contributed by atoms with van der Waals surface area (Å²) in [5.41, 5.74) is 1.67. The topological polar surface area (TPSA) is 121 Å². The summed E-state index contributed by atoms with van der Waals surface area (Å²) in [5, 5.41) is 9.64. The van der Waals surface area contributed by atoms with Crippen molar-refractivity contribution in [3.8, 4) is 5.75 Å². The monoisotopic (exact) mass is 515 g/mol. The van der Waals surface area contributed by atoms with Crippen LogP contribution >= 0.6 is 11.6 Å². The number of halogens is 1. The number of aromatic nitrogens is 2. The first-order valence-electron chi connectivity index (χ1n) is 11.7. The maximum Gasteiger partial charge on any atom is 0.259 e. The van der Waals surface area contributed by atoms with Crippen molar-refractivity contribution in [1.29, 1.82) is 0 Å². The lowest BCUT2D eigenvalue weighted by Gasteiger charge is -2.25. The number of hydrogen-bond acceptors (Lipinski definition) is 9. The molecule has 2 aromatic rings. The molecule has 3 heterocycles. The van der Waals surface area contributed by atoms with Gasteiger partial charge in [-0.25, -0.2) is 9.97 Å². The van der Waals surface area contributed by atoms with E-state index in [-0.39, 0.29) is 18.4 Å². The molecular weight excluding hydrogens is 486 g/mol. The summed E-state index contributed by atoms with van der Waals surface area (Å²) in [6.45, 7) is 3.45. The van der Waals surface area contributed by atoms with E-state index in [0.29, 0.717) is 85.0 Å². The number of benzene rings is 1. The van der Waals surface area contributed by atoms with Crippen LogP contribution in [-0.4, -0.2) is 91.7 Å². The fourth-order valence-corrected chi connectivity index (χ4v) is 4.07. The average molecular weight is 516 g/mol. The molecular formula is C24H30ClN7O4. The van der Waals surface area contributed by atoms with Crippen LogP contribution in [0.2, 0.25) is 5.02 Å². The number of carbonyl (C=O) groups excluding carboxylic acids is 2. The van der Waals surface area contributed by atoms with Crippen LogP contribution in [0.15, 0.2) is 30.7 Å². The Bertz CT molecular complexity index is 1140. The second-order valence-electron chi connectivity index (χ2n) is 8.46. The molecule has 0 unspecified atom stereocenters. The first-order chi connectivity index (χ1) is 17.5. The molecule has 0 radical (unpaired) electrons. The van der Waals surface area contributed by atoms with Gasteiger partial charge >= 0.3 is 0 Å². The first-order valence-corrected chi connectivity index (χ1v) is 12.1. The van der Waals surface area contributed by atoms with Crippen LogP contribution in [-0.2, 0) is 14.3 Å². The maximum atomic E-state index is 12.9. The Hall–Kier alpha value is -3.41. The molecule has 11 nitrogen and oxygen atoms in total. The van der Waals surface area contributed by atoms with Gasteiger partial charge in [-0.15, -0.1) is 0 Å². The third-order valence-electron chi connectivity index (χ3n) is 5.92. The van der Waals surface area contributed by atoms with E-state index in [2.05, 4.69) is 30.8 Å². The van der Waals surface area contributed by atoms with Gasteiger partial charge < -0.3 is 30.3 Å². The highest BCUT2D eigenvalue weighted by Crippen LogP contribution is 2.35. The number of hydrogen-bond donors (Lipinski definition) is 3. The zero-order valence-corrected chi connectivity index (χ0v) is 21.1. The van der Waals surface area contributed by atoms with Crippen LogP contribution in [0.3, 0.4) is 0 Å². The van der Waals surface area contributed by atoms with Crippen molar-refractivity contribution in [1.82, 2.24) is 19.8 Å². The highest BCUT2D eigenvalue weighted by molar-refractivity contribution is 6.33. The van der Waals surface area contributed by atoms with Crippen molar-refractivity contribution in [2.45, 2.75) is 6.42 Å². The van der Waals surface area contributed by atoms with Crippen LogP contribution < -0.4 is 20.7 Å². The lowest BCUT2D eigenvalue weighted by Crippen LogP contribution is -2.42. The highest BCUT2D eigenvalue weighted by Gasteiger charge is 2.29. The SMILES string of the molecule is COCCN1CCCOc2cc(ccc2Cl)N/C=C2\C(=O)Nc3ncnc(c32)NCCN(C)C(=O)C1. The van der Waals surface area contributed by atoms with Gasteiger partial charge in [0.25, 0.3) is 5.91 Å². The van der Waals surface area contributed by atoms with Crippen molar-refractivity contribution >= 4 is 46.3 Å². The van der Waals surface area contributed by atoms with E-state index in [1.54, 1.807) is 43.5 Å². The van der Waals surface area contributed by atoms with Crippen LogP contribution in [0.5, 0.6) is 5.75 Å². The fraction of sp³-hybridized carbons (Fsp3) is 0.417. The van der Waals surface area contributed by atoms with Crippen LogP contribution in [0.4, 0.5) is 17.3 Å². The standard InChI is InChI=1S/C24H30ClN7O4/c1-31-8-6-26-22-21-17(24(34)30-23(21)29-15-28-22)13-27-16-4-5-18(25)19(12-16)36-10-3-7-32(9-11-35-2)14-20(31)33/h4-5,12-13,15,27H,3,6-11,14H2,1-2H3,(H2,26,28,29,30,34)/b17-13-. The van der Waals surface area contributed by atoms with E-state index in [1.807, 2.05) is 0 Å². The van der Waals surface area contributed by atoms with Crippen molar-refractivity contribution in [3.05, 3.63) is 41.3 Å². The van der Waals surface area contributed by atoms with Gasteiger partial charge in [-0.1, -0.05) is 11.6 Å². The number of methoxy groups -OCH3 is 1. The first kappa shape index (κ1) is 25.7. The highest BCUT2D eigenvalue weighted by atomic mass is 35.5. The van der Waals surface area contributed by atoms with Crippen LogP contribution in [0.25, 0.3) is 5.57 Å². The van der Waals surface area contributed by atoms with E-state index in [4.69, 9.17) is 21.1 Å². The summed E-state index contributed by atoms with van der Waals surface area (Å²) in [6.07, 6.45) is 3.70. The molecule has 0 spiro atoms. The predicted molar refractivity (Wildman–Crippen MR) is 138 cm³/mol. The second-order valence-corrected chi connectivity index (χ2v) is 8.87. The van der Waals surface area contributed by atoms with E-state index >= 15 is 0 Å². The van der Waals surface area contributed by atoms with Crippen LogP contribution in [0.1, 0.15) is 12.0 Å². The molecule has 1 aromatic carbocycles. The number of carbonyl (C=O) groups is 2. The number of ether oxygens (including phenoxy) is 2. The fourth-order valence-electron chi connectivity index (χ4n) is 3.89. The molecule has 0 atom stereocenters. The third-order valence-corrected chi connectivity index (χ3v) is 6.23. The number of nitrogens with zero attached hydrogens (tertiary/aromatic N) is 4. The summed E-state index contributed by atoms with van der Waals surface area (Å²) in [7, 11) is 3.41. The van der Waals surface area contributed by atoms with Gasteiger partial charge in [-0.2, -0.15) is 0 Å². The molecule has 0 saturated heterocycles. The number of anilines is 3. The summed E-state index contributed by atoms with van der Waals surface area (Å²) in [6, 6.07) is 5.32. The summed E-state index contributed by atoms with van der Waals surface area (Å²) in [5.74, 6) is 1.17. The largest absolute Gasteiger partial charge is 0.492 e. The number of amides is 2. The minimum absolute atomic E-state index is 0.00275. The van der Waals surface area contributed by atoms with Gasteiger partial charge in [0.05, 0.1) is 35.9 Å². The molecule has 12 heteroatoms. The molecule has 0 saturated carbocycles. The minimum Gasteiger partial charge on any atom is -0.492 e. The molecule has 3 N–H and O–H groups in total. The Morgan fingerprint density at radius 2 is 2.03 bits per heavy atom. The van der Waals surface area contributed by atoms with Gasteiger partial charge in [0.2, 0.25) is 5.91 Å². The van der Waals surface area contributed by atoms with Gasteiger partial charge in [-0.3, -0.25) is 14.5 Å². The van der Waals surface area contributed by atoms with Crippen molar-refractivity contribution in [3.63, 3.8) is 0 Å². The number of nitrogens with one attached hydrogen (secondary N) is 3. The zero-order valence-electron chi connectivity index (χ0n) is 20.3. The van der Waals surface area contributed by atoms with Crippen molar-refractivity contribution < 1.29 is 19.1 Å². The molecule has 36 heavy (non-hydrogen) atoms. The maximum absolute atomic E-state index is 12.9. The molecule has 192 valence electrons. The Kier molecular flexibility index (Phi) is 8.57. The second kappa shape index (κ2) is 12.0. The zero-order chi connectivity index (χ0) is 25.5. The molecule has 2 amide bonds. The van der Waals surface area contributed by atoms with E-state index < -0.39 is 0 Å². The Balaban J connectivity index is 1.61.